The lowest BCUT2D eigenvalue weighted by Crippen LogP contribution is -2.57. The molecule has 1 unspecified atom stereocenters. The fourth-order valence-electron chi connectivity index (χ4n) is 2.16. The first-order valence-corrected chi connectivity index (χ1v) is 4.24. The molecule has 10 heavy (non-hydrogen) atoms. The molecule has 3 fully saturated rings. The number of fused-ring (bicyclic) bond motifs is 2. The maximum atomic E-state index is 5.60. The number of ether oxygens (including phenoxy) is 1. The van der Waals surface area contributed by atoms with E-state index in [-0.39, 0.29) is 0 Å². The highest BCUT2D eigenvalue weighted by molar-refractivity contribution is 4.96. The van der Waals surface area contributed by atoms with Crippen LogP contribution in [-0.4, -0.2) is 25.8 Å². The topological polar surface area (TPSA) is 21.3 Å². The second-order valence-electron chi connectivity index (χ2n) is 3.33. The minimum absolute atomic E-state index is 0.603. The third-order valence-electron chi connectivity index (χ3n) is 2.71. The van der Waals surface area contributed by atoms with Crippen molar-refractivity contribution >= 4 is 0 Å². The van der Waals surface area contributed by atoms with E-state index in [1.165, 1.54) is 19.5 Å². The summed E-state index contributed by atoms with van der Waals surface area (Å²) >= 11 is 0. The standard InChI is InChI=1S/C8H15NO/c1-2-10-8-6-3-7(8)5-9-4-6/h6-9H,2-5H2,1H3/t6-,7+,8?. The first-order valence-electron chi connectivity index (χ1n) is 4.24. The average molecular weight is 141 g/mol. The van der Waals surface area contributed by atoms with Gasteiger partial charge in [-0.15, -0.1) is 0 Å². The molecule has 1 aliphatic carbocycles. The van der Waals surface area contributed by atoms with Gasteiger partial charge in [-0.05, 0) is 25.2 Å². The number of nitrogens with one attached hydrogen (secondary N) is 1. The maximum Gasteiger partial charge on any atom is 0.0655 e. The van der Waals surface area contributed by atoms with Crippen molar-refractivity contribution in [3.8, 4) is 0 Å². The first kappa shape index (κ1) is 6.62. The molecular formula is C8H15NO. The van der Waals surface area contributed by atoms with Crippen molar-refractivity contribution in [2.75, 3.05) is 19.7 Å². The lowest BCUT2D eigenvalue weighted by Gasteiger charge is -2.49. The molecule has 0 aromatic carbocycles. The van der Waals surface area contributed by atoms with Crippen LogP contribution in [0.25, 0.3) is 0 Å². The Kier molecular flexibility index (Phi) is 1.66. The zero-order chi connectivity index (χ0) is 6.97. The summed E-state index contributed by atoms with van der Waals surface area (Å²) in [5, 5.41) is 3.39. The molecule has 2 nitrogen and oxygen atoms in total. The van der Waals surface area contributed by atoms with E-state index >= 15 is 0 Å². The summed E-state index contributed by atoms with van der Waals surface area (Å²) in [7, 11) is 0. The van der Waals surface area contributed by atoms with E-state index in [9.17, 15) is 0 Å². The predicted molar refractivity (Wildman–Crippen MR) is 39.9 cm³/mol. The van der Waals surface area contributed by atoms with E-state index in [0.29, 0.717) is 6.10 Å². The zero-order valence-corrected chi connectivity index (χ0v) is 6.47. The Morgan fingerprint density at radius 2 is 2.10 bits per heavy atom. The number of hydrogen-bond donors (Lipinski definition) is 1. The van der Waals surface area contributed by atoms with E-state index in [1.54, 1.807) is 0 Å². The molecule has 0 amide bonds. The van der Waals surface area contributed by atoms with Crippen LogP contribution in [0.15, 0.2) is 0 Å². The molecule has 0 aromatic rings. The fraction of sp³-hybridized carbons (Fsp3) is 1.00. The van der Waals surface area contributed by atoms with Crippen molar-refractivity contribution in [1.82, 2.24) is 5.32 Å². The van der Waals surface area contributed by atoms with Gasteiger partial charge in [-0.2, -0.15) is 0 Å². The largest absolute Gasteiger partial charge is 0.378 e. The molecule has 0 spiro atoms. The molecule has 2 aliphatic heterocycles. The monoisotopic (exact) mass is 141 g/mol. The third kappa shape index (κ3) is 0.867. The van der Waals surface area contributed by atoms with Gasteiger partial charge >= 0.3 is 0 Å². The minimum atomic E-state index is 0.603. The summed E-state index contributed by atoms with van der Waals surface area (Å²) in [5.41, 5.74) is 0. The SMILES string of the molecule is CCOC1[C@@H]2CNC[C@H]1C2. The molecule has 1 saturated carbocycles. The summed E-state index contributed by atoms with van der Waals surface area (Å²) < 4.78 is 5.60. The van der Waals surface area contributed by atoms with Crippen molar-refractivity contribution in [1.29, 1.82) is 0 Å². The normalized spacial score (nSPS) is 44.7. The minimum Gasteiger partial charge on any atom is -0.378 e. The third-order valence-corrected chi connectivity index (χ3v) is 2.71. The van der Waals surface area contributed by atoms with Gasteiger partial charge in [-0.1, -0.05) is 0 Å². The Hall–Kier alpha value is -0.0800. The molecule has 58 valence electrons. The number of piperidine rings is 2. The van der Waals surface area contributed by atoms with Crippen molar-refractivity contribution in [3.05, 3.63) is 0 Å². The lowest BCUT2D eigenvalue weighted by molar-refractivity contribution is -0.107. The predicted octanol–water partition coefficient (Wildman–Crippen LogP) is 0.631. The highest BCUT2D eigenvalue weighted by Crippen LogP contribution is 2.38. The lowest BCUT2D eigenvalue weighted by atomic mass is 9.69. The van der Waals surface area contributed by atoms with Crippen LogP contribution in [0, 0.1) is 11.8 Å². The van der Waals surface area contributed by atoms with Crippen LogP contribution in [0.4, 0.5) is 0 Å². The second kappa shape index (κ2) is 2.51. The molecule has 3 atom stereocenters. The van der Waals surface area contributed by atoms with Crippen molar-refractivity contribution in [2.24, 2.45) is 11.8 Å². The molecule has 2 heteroatoms. The summed E-state index contributed by atoms with van der Waals surface area (Å²) in [5.74, 6) is 1.66. The van der Waals surface area contributed by atoms with Crippen molar-refractivity contribution < 1.29 is 4.74 Å². The van der Waals surface area contributed by atoms with Crippen LogP contribution in [0.2, 0.25) is 0 Å². The van der Waals surface area contributed by atoms with Crippen LogP contribution in [0.3, 0.4) is 0 Å². The van der Waals surface area contributed by atoms with Gasteiger partial charge in [0, 0.05) is 19.7 Å². The van der Waals surface area contributed by atoms with Crippen molar-refractivity contribution in [2.45, 2.75) is 19.4 Å². The summed E-state index contributed by atoms with van der Waals surface area (Å²) in [6, 6.07) is 0. The van der Waals surface area contributed by atoms with Gasteiger partial charge in [-0.3, -0.25) is 0 Å². The summed E-state index contributed by atoms with van der Waals surface area (Å²) in [6.45, 7) is 5.33. The molecule has 2 bridgehead atoms. The van der Waals surface area contributed by atoms with Crippen LogP contribution in [0.5, 0.6) is 0 Å². The van der Waals surface area contributed by atoms with Crippen molar-refractivity contribution in [3.63, 3.8) is 0 Å². The summed E-state index contributed by atoms with van der Waals surface area (Å²) in [4.78, 5) is 0. The van der Waals surface area contributed by atoms with Crippen LogP contribution in [0.1, 0.15) is 13.3 Å². The Morgan fingerprint density at radius 3 is 2.60 bits per heavy atom. The molecule has 3 aliphatic rings. The van der Waals surface area contributed by atoms with Gasteiger partial charge in [0.1, 0.15) is 0 Å². The van der Waals surface area contributed by atoms with Gasteiger partial charge in [0.15, 0.2) is 0 Å². The molecule has 1 N–H and O–H groups in total. The molecule has 2 saturated heterocycles. The first-order chi connectivity index (χ1) is 4.92. The van der Waals surface area contributed by atoms with E-state index in [2.05, 4.69) is 12.2 Å². The van der Waals surface area contributed by atoms with Gasteiger partial charge in [0.05, 0.1) is 6.10 Å². The van der Waals surface area contributed by atoms with E-state index < -0.39 is 0 Å². The quantitative estimate of drug-likeness (QED) is 0.609. The van der Waals surface area contributed by atoms with Gasteiger partial charge in [0.25, 0.3) is 0 Å². The fourth-order valence-corrected chi connectivity index (χ4v) is 2.16. The Bertz CT molecular complexity index is 112. The highest BCUT2D eigenvalue weighted by atomic mass is 16.5. The van der Waals surface area contributed by atoms with Crippen LogP contribution in [-0.2, 0) is 4.74 Å². The Labute approximate surface area is 61.9 Å². The number of rotatable bonds is 2. The molecule has 3 rings (SSSR count). The average Bonchev–Trinajstić information content (AvgIpc) is 2.01. The summed E-state index contributed by atoms with van der Waals surface area (Å²) in [6.07, 6.45) is 2.00. The Balaban J connectivity index is 1.87. The highest BCUT2D eigenvalue weighted by Gasteiger charge is 2.44. The van der Waals surface area contributed by atoms with Gasteiger partial charge < -0.3 is 10.1 Å². The van der Waals surface area contributed by atoms with E-state index in [1.807, 2.05) is 0 Å². The molecule has 0 radical (unpaired) electrons. The second-order valence-corrected chi connectivity index (χ2v) is 3.33. The van der Waals surface area contributed by atoms with Crippen LogP contribution >= 0.6 is 0 Å². The molecule has 0 aromatic heterocycles. The smallest absolute Gasteiger partial charge is 0.0655 e. The zero-order valence-electron chi connectivity index (χ0n) is 6.47. The van der Waals surface area contributed by atoms with Gasteiger partial charge in [-0.25, -0.2) is 0 Å². The van der Waals surface area contributed by atoms with E-state index in [4.69, 9.17) is 4.74 Å². The Morgan fingerprint density at radius 1 is 1.40 bits per heavy atom. The maximum absolute atomic E-state index is 5.60. The molecular weight excluding hydrogens is 126 g/mol. The number of hydrogen-bond acceptors (Lipinski definition) is 2. The van der Waals surface area contributed by atoms with Gasteiger partial charge in [0.2, 0.25) is 0 Å². The van der Waals surface area contributed by atoms with E-state index in [0.717, 1.165) is 18.4 Å². The van der Waals surface area contributed by atoms with Crippen LogP contribution < -0.4 is 5.32 Å². The molecule has 2 heterocycles.